The van der Waals surface area contributed by atoms with E-state index in [4.69, 9.17) is 14.5 Å². The number of morpholine rings is 1. The van der Waals surface area contributed by atoms with Crippen LogP contribution in [0.3, 0.4) is 0 Å². The molecule has 1 fully saturated rings. The molecule has 4 heterocycles. The lowest BCUT2D eigenvalue weighted by Crippen LogP contribution is -2.47. The molecule has 1 atom stereocenters. The zero-order valence-corrected chi connectivity index (χ0v) is 20.4. The Bertz CT molecular complexity index is 1270. The number of fused-ring (bicyclic) bond motifs is 2. The van der Waals surface area contributed by atoms with Crippen LogP contribution in [0.1, 0.15) is 5.56 Å². The summed E-state index contributed by atoms with van der Waals surface area (Å²) in [7, 11) is -1.18. The second-order valence-electron chi connectivity index (χ2n) is 8.18. The fourth-order valence-electron chi connectivity index (χ4n) is 4.18. The number of nitrogens with zero attached hydrogens (tertiary/aromatic N) is 5. The van der Waals surface area contributed by atoms with Crippen LogP contribution in [0.2, 0.25) is 0 Å². The van der Waals surface area contributed by atoms with Gasteiger partial charge in [-0.05, 0) is 30.2 Å². The molecule has 0 saturated carbocycles. The first-order chi connectivity index (χ1) is 15.4. The van der Waals surface area contributed by atoms with Crippen molar-refractivity contribution in [3.05, 3.63) is 42.2 Å². The highest BCUT2D eigenvalue weighted by Gasteiger charge is 2.27. The first kappa shape index (κ1) is 23.7. The molecule has 0 bridgehead atoms. The second-order valence-corrected chi connectivity index (χ2v) is 10.2. The molecule has 0 N–H and O–H groups in total. The molecule has 5 rings (SSSR count). The quantitative estimate of drug-likeness (QED) is 0.536. The Labute approximate surface area is 200 Å². The van der Waals surface area contributed by atoms with Crippen LogP contribution in [-0.4, -0.2) is 79.9 Å². The molecule has 9 nitrogen and oxygen atoms in total. The molecule has 0 unspecified atom stereocenters. The first-order valence-electron chi connectivity index (χ1n) is 10.5. The Morgan fingerprint density at radius 1 is 1.18 bits per heavy atom. The minimum atomic E-state index is -3.27. The minimum absolute atomic E-state index is 0. The Hall–Kier alpha value is -2.47. The van der Waals surface area contributed by atoms with Crippen molar-refractivity contribution < 1.29 is 17.9 Å². The van der Waals surface area contributed by atoms with Gasteiger partial charge in [0, 0.05) is 50.3 Å². The lowest BCUT2D eigenvalue weighted by atomic mass is 10.1. The van der Waals surface area contributed by atoms with Gasteiger partial charge in [0.15, 0.2) is 5.52 Å². The van der Waals surface area contributed by atoms with Crippen molar-refractivity contribution in [1.29, 1.82) is 0 Å². The van der Waals surface area contributed by atoms with Crippen LogP contribution in [0.4, 0.5) is 5.69 Å². The number of aromatic nitrogens is 3. The Morgan fingerprint density at radius 3 is 2.82 bits per heavy atom. The van der Waals surface area contributed by atoms with E-state index in [1.54, 1.807) is 12.4 Å². The smallest absolute Gasteiger partial charge is 0.242 e. The van der Waals surface area contributed by atoms with Crippen LogP contribution < -0.4 is 9.64 Å². The van der Waals surface area contributed by atoms with Crippen molar-refractivity contribution in [2.75, 3.05) is 51.1 Å². The standard InChI is InChI=1S/C22H25N5O4S.H2S/c1-26-8-5-16-11-15(3-4-20(16)26)18-12-19-21(24-7-6-23-19)22(25-18)31-14-17-13-27(9-10-30-17)32(2,28)29;/h3-4,6-7,11-12,17H,5,8-10,13-14H2,1-2H3;1H2/t17-;/m0./s1. The second kappa shape index (κ2) is 9.41. The lowest BCUT2D eigenvalue weighted by Gasteiger charge is -2.30. The molecule has 0 aliphatic carbocycles. The molecule has 1 saturated heterocycles. The Kier molecular flexibility index (Phi) is 6.76. The number of anilines is 1. The van der Waals surface area contributed by atoms with Gasteiger partial charge in [-0.3, -0.25) is 4.98 Å². The van der Waals surface area contributed by atoms with Crippen LogP contribution in [0, 0.1) is 0 Å². The predicted molar refractivity (Wildman–Crippen MR) is 132 cm³/mol. The van der Waals surface area contributed by atoms with Crippen molar-refractivity contribution in [2.45, 2.75) is 12.5 Å². The van der Waals surface area contributed by atoms with Crippen LogP contribution in [-0.2, 0) is 21.2 Å². The zero-order chi connectivity index (χ0) is 22.3. The van der Waals surface area contributed by atoms with Gasteiger partial charge in [0.1, 0.15) is 12.7 Å². The summed E-state index contributed by atoms with van der Waals surface area (Å²) in [5.74, 6) is 0.364. The van der Waals surface area contributed by atoms with Gasteiger partial charge < -0.3 is 14.4 Å². The first-order valence-corrected chi connectivity index (χ1v) is 12.4. The molecule has 2 aliphatic rings. The maximum absolute atomic E-state index is 11.9. The molecule has 1 aromatic carbocycles. The van der Waals surface area contributed by atoms with E-state index < -0.39 is 10.0 Å². The largest absolute Gasteiger partial charge is 0.473 e. The minimum Gasteiger partial charge on any atom is -0.473 e. The van der Waals surface area contributed by atoms with Crippen LogP contribution in [0.15, 0.2) is 36.7 Å². The van der Waals surface area contributed by atoms with Gasteiger partial charge in [0.05, 0.1) is 24.1 Å². The molecule has 3 aromatic rings. The summed E-state index contributed by atoms with van der Waals surface area (Å²) in [6.07, 6.45) is 5.07. The highest BCUT2D eigenvalue weighted by atomic mass is 32.2. The highest BCUT2D eigenvalue weighted by Crippen LogP contribution is 2.33. The van der Waals surface area contributed by atoms with E-state index in [0.29, 0.717) is 30.1 Å². The number of hydrogen-bond acceptors (Lipinski definition) is 8. The average Bonchev–Trinajstić information content (AvgIpc) is 3.17. The maximum Gasteiger partial charge on any atom is 0.242 e. The van der Waals surface area contributed by atoms with Crippen molar-refractivity contribution >= 4 is 40.2 Å². The summed E-state index contributed by atoms with van der Waals surface area (Å²) in [5, 5.41) is 0. The summed E-state index contributed by atoms with van der Waals surface area (Å²) in [5.41, 5.74) is 5.54. The summed E-state index contributed by atoms with van der Waals surface area (Å²) < 4.78 is 36.9. The lowest BCUT2D eigenvalue weighted by molar-refractivity contribution is -0.0252. The third kappa shape index (κ3) is 4.91. The predicted octanol–water partition coefficient (Wildman–Crippen LogP) is 1.84. The number of hydrogen-bond donors (Lipinski definition) is 0. The molecule has 11 heteroatoms. The van der Waals surface area contributed by atoms with Gasteiger partial charge in [-0.15, -0.1) is 0 Å². The number of likely N-dealkylation sites (N-methyl/N-ethyl adjacent to an activating group) is 1. The normalized spacial score (nSPS) is 18.7. The van der Waals surface area contributed by atoms with Gasteiger partial charge in [-0.25, -0.2) is 18.4 Å². The molecular weight excluding hydrogens is 462 g/mol. The SMILES string of the molecule is CN1CCc2cc(-c3cc4nccnc4c(OC[C@@H]4CN(S(C)(=O)=O)CCO4)n3)ccc21.S. The highest BCUT2D eigenvalue weighted by molar-refractivity contribution is 7.88. The molecule has 176 valence electrons. The maximum atomic E-state index is 11.9. The number of sulfonamides is 1. The fraction of sp³-hybridized carbons (Fsp3) is 0.409. The third-order valence-electron chi connectivity index (χ3n) is 5.90. The molecule has 2 aromatic heterocycles. The summed E-state index contributed by atoms with van der Waals surface area (Å²) in [6.45, 7) is 2.11. The van der Waals surface area contributed by atoms with E-state index >= 15 is 0 Å². The van der Waals surface area contributed by atoms with Crippen molar-refractivity contribution in [1.82, 2.24) is 19.3 Å². The van der Waals surface area contributed by atoms with Crippen LogP contribution in [0.25, 0.3) is 22.3 Å². The van der Waals surface area contributed by atoms with E-state index in [1.807, 2.05) is 6.07 Å². The van der Waals surface area contributed by atoms with Gasteiger partial charge in [0.2, 0.25) is 15.9 Å². The van der Waals surface area contributed by atoms with E-state index in [2.05, 4.69) is 40.1 Å². The van der Waals surface area contributed by atoms with Crippen molar-refractivity contribution in [3.63, 3.8) is 0 Å². The van der Waals surface area contributed by atoms with Gasteiger partial charge >= 0.3 is 0 Å². The van der Waals surface area contributed by atoms with Crippen LogP contribution in [0.5, 0.6) is 5.88 Å². The summed E-state index contributed by atoms with van der Waals surface area (Å²) in [6, 6.07) is 8.26. The van der Waals surface area contributed by atoms with Crippen molar-refractivity contribution in [2.24, 2.45) is 0 Å². The molecule has 33 heavy (non-hydrogen) atoms. The van der Waals surface area contributed by atoms with Gasteiger partial charge in [0.25, 0.3) is 0 Å². The molecule has 2 aliphatic heterocycles. The number of ether oxygens (including phenoxy) is 2. The molecule has 0 radical (unpaired) electrons. The van der Waals surface area contributed by atoms with E-state index in [1.165, 1.54) is 21.8 Å². The summed E-state index contributed by atoms with van der Waals surface area (Å²) >= 11 is 0. The third-order valence-corrected chi connectivity index (χ3v) is 7.17. The zero-order valence-electron chi connectivity index (χ0n) is 18.6. The van der Waals surface area contributed by atoms with Gasteiger partial charge in [-0.1, -0.05) is 6.07 Å². The van der Waals surface area contributed by atoms with Crippen molar-refractivity contribution in [3.8, 4) is 17.1 Å². The Balaban J connectivity index is 0.00000259. The molecule has 0 amide bonds. The topological polar surface area (TPSA) is 97.8 Å². The van der Waals surface area contributed by atoms with E-state index in [9.17, 15) is 8.42 Å². The van der Waals surface area contributed by atoms with Crippen LogP contribution >= 0.6 is 13.5 Å². The van der Waals surface area contributed by atoms with E-state index in [0.717, 1.165) is 24.2 Å². The number of rotatable bonds is 5. The average molecular weight is 490 g/mol. The molecular formula is C22H27N5O4S2. The number of benzene rings is 1. The van der Waals surface area contributed by atoms with Gasteiger partial charge in [-0.2, -0.15) is 17.8 Å². The Morgan fingerprint density at radius 2 is 2.00 bits per heavy atom. The monoisotopic (exact) mass is 489 g/mol. The fourth-order valence-corrected chi connectivity index (χ4v) is 5.03. The summed E-state index contributed by atoms with van der Waals surface area (Å²) in [4.78, 5) is 15.8. The molecule has 0 spiro atoms. The van der Waals surface area contributed by atoms with E-state index in [-0.39, 0.29) is 32.8 Å². The number of pyridine rings is 1.